The lowest BCUT2D eigenvalue weighted by molar-refractivity contribution is -0.137. The molecule has 4 rings (SSSR count). The Hall–Kier alpha value is -3.27. The maximum atomic E-state index is 13.2. The number of rotatable bonds is 4. The number of amides is 1. The summed E-state index contributed by atoms with van der Waals surface area (Å²) in [5.41, 5.74) is 6.96. The van der Waals surface area contributed by atoms with Crippen molar-refractivity contribution in [3.8, 4) is 0 Å². The monoisotopic (exact) mass is 462 g/mol. The number of anilines is 2. The quantitative estimate of drug-likeness (QED) is 0.465. The predicted octanol–water partition coefficient (Wildman–Crippen LogP) is 4.24. The van der Waals surface area contributed by atoms with Crippen molar-refractivity contribution >= 4 is 36.6 Å². The lowest BCUT2D eigenvalue weighted by atomic mass is 10.0. The number of fused-ring (bicyclic) bond motifs is 1. The number of hydrogen-bond acceptors (Lipinski definition) is 4. The first-order chi connectivity index (χ1) is 14.6. The number of benzene rings is 2. The third-order valence-corrected chi connectivity index (χ3v) is 5.27. The van der Waals surface area contributed by atoms with Gasteiger partial charge in [-0.3, -0.25) is 14.3 Å². The van der Waals surface area contributed by atoms with Gasteiger partial charge < -0.3 is 10.6 Å². The molecule has 1 aliphatic heterocycles. The Balaban J connectivity index is 0.00000289. The van der Waals surface area contributed by atoms with Gasteiger partial charge in [-0.05, 0) is 55.5 Å². The van der Waals surface area contributed by atoms with Crippen molar-refractivity contribution in [2.75, 3.05) is 17.2 Å². The molecule has 0 bridgehead atoms. The van der Waals surface area contributed by atoms with Crippen molar-refractivity contribution in [3.63, 3.8) is 0 Å². The number of aromatic nitrogens is 2. The number of ketones is 1. The average Bonchev–Trinajstić information content (AvgIpc) is 3.15. The van der Waals surface area contributed by atoms with Gasteiger partial charge in [-0.15, -0.1) is 0 Å². The van der Waals surface area contributed by atoms with Gasteiger partial charge in [0.15, 0.2) is 5.78 Å². The fourth-order valence-corrected chi connectivity index (χ4v) is 3.65. The molecule has 1 aliphatic rings. The number of carbonyl (C=O) groups is 2. The molecule has 0 saturated heterocycles. The molecular formula is C22H21F3N4O2S. The normalized spacial score (nSPS) is 15.8. The molecule has 2 N–H and O–H groups in total. The minimum absolute atomic E-state index is 0. The van der Waals surface area contributed by atoms with Gasteiger partial charge in [0, 0.05) is 35.5 Å². The zero-order valence-corrected chi connectivity index (χ0v) is 18.1. The lowest BCUT2D eigenvalue weighted by Gasteiger charge is -2.32. The highest BCUT2D eigenvalue weighted by atomic mass is 32.1. The van der Waals surface area contributed by atoms with Crippen molar-refractivity contribution in [3.05, 3.63) is 77.1 Å². The van der Waals surface area contributed by atoms with Crippen LogP contribution in [0.4, 0.5) is 24.5 Å². The molecule has 1 atom stereocenters. The second-order valence-electron chi connectivity index (χ2n) is 7.49. The van der Waals surface area contributed by atoms with Crippen LogP contribution in [0.25, 0.3) is 0 Å². The first-order valence-corrected chi connectivity index (χ1v) is 9.59. The number of halogens is 3. The van der Waals surface area contributed by atoms with E-state index in [9.17, 15) is 22.8 Å². The smallest absolute Gasteiger partial charge is 0.399 e. The highest BCUT2D eigenvalue weighted by Gasteiger charge is 2.35. The largest absolute Gasteiger partial charge is 0.416 e. The predicted molar refractivity (Wildman–Crippen MR) is 119 cm³/mol. The maximum absolute atomic E-state index is 13.2. The number of alkyl halides is 3. The van der Waals surface area contributed by atoms with E-state index in [4.69, 9.17) is 5.73 Å². The molecule has 2 aromatic carbocycles. The summed E-state index contributed by atoms with van der Waals surface area (Å²) in [6.07, 6.45) is -2.99. The van der Waals surface area contributed by atoms with Crippen LogP contribution in [0.3, 0.4) is 0 Å². The zero-order chi connectivity index (χ0) is 22.3. The number of nitrogens with two attached hydrogens (primary N) is 1. The summed E-state index contributed by atoms with van der Waals surface area (Å²) in [5, 5.41) is 4.27. The Kier molecular flexibility index (Phi) is 6.36. The van der Waals surface area contributed by atoms with E-state index < -0.39 is 17.6 Å². The molecule has 0 radical (unpaired) electrons. The van der Waals surface area contributed by atoms with E-state index in [-0.39, 0.29) is 44.0 Å². The highest BCUT2D eigenvalue weighted by Crippen LogP contribution is 2.33. The van der Waals surface area contributed by atoms with Crippen LogP contribution in [0.1, 0.15) is 44.9 Å². The second kappa shape index (κ2) is 8.70. The minimum atomic E-state index is -4.45. The SMILES string of the molecule is C[C@H]1CN(c2ccc(C(F)(F)F)cc2)C(=O)c2c(CC(=O)c3ccc(N)cc3)cnn21.S. The third kappa shape index (κ3) is 4.36. The summed E-state index contributed by atoms with van der Waals surface area (Å²) in [4.78, 5) is 27.3. The molecule has 0 unspecified atom stereocenters. The van der Waals surface area contributed by atoms with Gasteiger partial charge in [0.2, 0.25) is 0 Å². The van der Waals surface area contributed by atoms with Crippen LogP contribution in [0.2, 0.25) is 0 Å². The van der Waals surface area contributed by atoms with Gasteiger partial charge in [-0.2, -0.15) is 31.8 Å². The Bertz CT molecular complexity index is 1140. The van der Waals surface area contributed by atoms with E-state index in [1.165, 1.54) is 23.2 Å². The fourth-order valence-electron chi connectivity index (χ4n) is 3.65. The van der Waals surface area contributed by atoms with E-state index >= 15 is 0 Å². The number of nitrogen functional groups attached to an aromatic ring is 1. The summed E-state index contributed by atoms with van der Waals surface area (Å²) >= 11 is 0. The summed E-state index contributed by atoms with van der Waals surface area (Å²) in [7, 11) is 0. The van der Waals surface area contributed by atoms with Crippen LogP contribution in [-0.2, 0) is 12.6 Å². The standard InChI is InChI=1S/C22H19F3N4O2.H2S/c1-13-12-28(18-8-4-16(5-9-18)22(23,24)25)21(31)20-15(11-27-29(13)20)10-19(30)14-2-6-17(26)7-3-14;/h2-9,11,13H,10,12,26H2,1H3;1H2/t13-;/m0./s1. The van der Waals surface area contributed by atoms with E-state index in [0.717, 1.165) is 12.1 Å². The lowest BCUT2D eigenvalue weighted by Crippen LogP contribution is -2.43. The van der Waals surface area contributed by atoms with Crippen LogP contribution in [0.5, 0.6) is 0 Å². The molecule has 168 valence electrons. The molecule has 3 aromatic rings. The molecule has 0 saturated carbocycles. The second-order valence-corrected chi connectivity index (χ2v) is 7.49. The first-order valence-electron chi connectivity index (χ1n) is 9.59. The third-order valence-electron chi connectivity index (χ3n) is 5.27. The van der Waals surface area contributed by atoms with Crippen molar-refractivity contribution in [1.29, 1.82) is 0 Å². The molecular weight excluding hydrogens is 441 g/mol. The molecule has 0 fully saturated rings. The van der Waals surface area contributed by atoms with Crippen molar-refractivity contribution in [1.82, 2.24) is 9.78 Å². The van der Waals surface area contributed by atoms with Gasteiger partial charge in [-0.25, -0.2) is 0 Å². The van der Waals surface area contributed by atoms with Gasteiger partial charge in [0.05, 0.1) is 17.8 Å². The average molecular weight is 462 g/mol. The summed E-state index contributed by atoms with van der Waals surface area (Å²) in [6, 6.07) is 10.7. The van der Waals surface area contributed by atoms with Crippen molar-refractivity contribution < 1.29 is 22.8 Å². The molecule has 6 nitrogen and oxygen atoms in total. The van der Waals surface area contributed by atoms with Crippen LogP contribution < -0.4 is 10.6 Å². The number of nitrogens with zero attached hydrogens (tertiary/aromatic N) is 3. The molecule has 2 heterocycles. The van der Waals surface area contributed by atoms with Crippen molar-refractivity contribution in [2.45, 2.75) is 25.6 Å². The first kappa shape index (κ1) is 23.4. The topological polar surface area (TPSA) is 81.2 Å². The summed E-state index contributed by atoms with van der Waals surface area (Å²) in [6.45, 7) is 2.11. The molecule has 32 heavy (non-hydrogen) atoms. The van der Waals surface area contributed by atoms with Gasteiger partial charge in [0.1, 0.15) is 5.69 Å². The van der Waals surface area contributed by atoms with Gasteiger partial charge >= 0.3 is 6.18 Å². The van der Waals surface area contributed by atoms with Gasteiger partial charge in [0.25, 0.3) is 5.91 Å². The van der Waals surface area contributed by atoms with Crippen molar-refractivity contribution in [2.24, 2.45) is 0 Å². The number of carbonyl (C=O) groups excluding carboxylic acids is 2. The number of hydrogen-bond donors (Lipinski definition) is 1. The maximum Gasteiger partial charge on any atom is 0.416 e. The molecule has 0 spiro atoms. The van der Waals surface area contributed by atoms with Crippen LogP contribution in [0, 0.1) is 0 Å². The highest BCUT2D eigenvalue weighted by molar-refractivity contribution is 7.59. The van der Waals surface area contributed by atoms with Crippen LogP contribution in [0.15, 0.2) is 54.7 Å². The minimum Gasteiger partial charge on any atom is -0.399 e. The molecule has 1 aromatic heterocycles. The van der Waals surface area contributed by atoms with E-state index in [1.54, 1.807) is 28.9 Å². The van der Waals surface area contributed by atoms with E-state index in [2.05, 4.69) is 5.10 Å². The van der Waals surface area contributed by atoms with E-state index in [0.29, 0.717) is 22.5 Å². The van der Waals surface area contributed by atoms with Crippen LogP contribution >= 0.6 is 13.5 Å². The summed E-state index contributed by atoms with van der Waals surface area (Å²) < 4.78 is 40.1. The Morgan fingerprint density at radius 1 is 1.12 bits per heavy atom. The van der Waals surface area contributed by atoms with Gasteiger partial charge in [-0.1, -0.05) is 0 Å². The fraction of sp³-hybridized carbons (Fsp3) is 0.227. The summed E-state index contributed by atoms with van der Waals surface area (Å²) in [5.74, 6) is -0.599. The Morgan fingerprint density at radius 2 is 1.75 bits per heavy atom. The number of Topliss-reactive ketones (excluding diaryl/α,β-unsaturated/α-hetero) is 1. The Labute approximate surface area is 189 Å². The van der Waals surface area contributed by atoms with Crippen LogP contribution in [-0.4, -0.2) is 28.0 Å². The van der Waals surface area contributed by atoms with E-state index in [1.807, 2.05) is 6.92 Å². The molecule has 1 amide bonds. The Morgan fingerprint density at radius 3 is 2.34 bits per heavy atom. The molecule has 0 aliphatic carbocycles. The zero-order valence-electron chi connectivity index (χ0n) is 17.1. The molecule has 10 heteroatoms.